The summed E-state index contributed by atoms with van der Waals surface area (Å²) in [5.41, 5.74) is 1.66. The second-order valence-corrected chi connectivity index (χ2v) is 8.84. The number of aliphatic carboxylic acids is 1. The number of sulfonamides is 1. The molecule has 0 atom stereocenters. The Bertz CT molecular complexity index is 1170. The number of rotatable bonds is 9. The van der Waals surface area contributed by atoms with E-state index < -0.39 is 22.6 Å². The van der Waals surface area contributed by atoms with Crippen LogP contribution in [-0.2, 0) is 21.2 Å². The number of carboxylic acid groups (broad SMARTS) is 1. The van der Waals surface area contributed by atoms with Crippen LogP contribution in [0.4, 0.5) is 0 Å². The zero-order valence-electron chi connectivity index (χ0n) is 15.9. The lowest BCUT2D eigenvalue weighted by atomic mass is 10.0. The van der Waals surface area contributed by atoms with Crippen LogP contribution in [0.3, 0.4) is 0 Å². The van der Waals surface area contributed by atoms with Crippen LogP contribution in [-0.4, -0.2) is 31.9 Å². The number of hydrogen-bond donors (Lipinski definition) is 2. The molecule has 8 heteroatoms. The standard InChI is InChI=1S/C22H20ClNO5S/c23-18-9-7-16(8-10-18)12-14-30(27,28)24-13-11-17-3-1-5-20-19(17)4-2-6-21(20)29-15-22(25)26/h1-11,13,24H,12,14-15H2,(H,25,26). The summed E-state index contributed by atoms with van der Waals surface area (Å²) in [5, 5.41) is 11.0. The Labute approximate surface area is 179 Å². The Morgan fingerprint density at radius 1 is 1.03 bits per heavy atom. The maximum Gasteiger partial charge on any atom is 0.341 e. The van der Waals surface area contributed by atoms with Crippen LogP contribution in [0.15, 0.2) is 66.9 Å². The van der Waals surface area contributed by atoms with Crippen molar-refractivity contribution in [2.24, 2.45) is 0 Å². The highest BCUT2D eigenvalue weighted by Crippen LogP contribution is 2.28. The van der Waals surface area contributed by atoms with Gasteiger partial charge in [-0.25, -0.2) is 13.2 Å². The molecule has 0 aliphatic rings. The van der Waals surface area contributed by atoms with Gasteiger partial charge in [-0.05, 0) is 47.2 Å². The van der Waals surface area contributed by atoms with Gasteiger partial charge in [-0.1, -0.05) is 54.1 Å². The van der Waals surface area contributed by atoms with Crippen molar-refractivity contribution in [3.8, 4) is 5.75 Å². The molecule has 0 aromatic heterocycles. The van der Waals surface area contributed by atoms with Crippen molar-refractivity contribution < 1.29 is 23.1 Å². The number of hydrogen-bond acceptors (Lipinski definition) is 4. The molecule has 0 aliphatic carbocycles. The van der Waals surface area contributed by atoms with Gasteiger partial charge < -0.3 is 9.84 Å². The minimum atomic E-state index is -3.50. The van der Waals surface area contributed by atoms with Gasteiger partial charge in [0.2, 0.25) is 10.0 Å². The first-order valence-electron chi connectivity index (χ1n) is 9.11. The van der Waals surface area contributed by atoms with Crippen LogP contribution in [0.5, 0.6) is 5.75 Å². The molecule has 6 nitrogen and oxygen atoms in total. The highest BCUT2D eigenvalue weighted by atomic mass is 35.5. The summed E-state index contributed by atoms with van der Waals surface area (Å²) in [7, 11) is -3.50. The number of carbonyl (C=O) groups is 1. The van der Waals surface area contributed by atoms with Crippen LogP contribution in [0.2, 0.25) is 5.02 Å². The first kappa shape index (κ1) is 21.7. The fourth-order valence-electron chi connectivity index (χ4n) is 2.91. The van der Waals surface area contributed by atoms with E-state index in [-0.39, 0.29) is 5.75 Å². The summed E-state index contributed by atoms with van der Waals surface area (Å²) in [6, 6.07) is 17.8. The summed E-state index contributed by atoms with van der Waals surface area (Å²) >= 11 is 5.84. The topological polar surface area (TPSA) is 92.7 Å². The summed E-state index contributed by atoms with van der Waals surface area (Å²) in [6.07, 6.45) is 3.42. The predicted molar refractivity (Wildman–Crippen MR) is 118 cm³/mol. The van der Waals surface area contributed by atoms with Gasteiger partial charge in [0, 0.05) is 16.6 Å². The van der Waals surface area contributed by atoms with Crippen molar-refractivity contribution in [1.29, 1.82) is 0 Å². The Hall–Kier alpha value is -3.03. The van der Waals surface area contributed by atoms with Gasteiger partial charge in [-0.2, -0.15) is 0 Å². The molecular formula is C22H20ClNO5S. The molecule has 2 N–H and O–H groups in total. The number of aryl methyl sites for hydroxylation is 1. The molecule has 0 bridgehead atoms. The fraction of sp³-hybridized carbons (Fsp3) is 0.136. The van der Waals surface area contributed by atoms with Crippen molar-refractivity contribution in [3.05, 3.63) is 83.0 Å². The number of nitrogens with one attached hydrogen (secondary N) is 1. The molecule has 0 saturated heterocycles. The predicted octanol–water partition coefficient (Wildman–Crippen LogP) is 4.09. The summed E-state index contributed by atoms with van der Waals surface area (Å²) < 4.78 is 32.3. The van der Waals surface area contributed by atoms with E-state index in [2.05, 4.69) is 4.72 Å². The van der Waals surface area contributed by atoms with Crippen LogP contribution in [0, 0.1) is 0 Å². The zero-order valence-corrected chi connectivity index (χ0v) is 17.5. The lowest BCUT2D eigenvalue weighted by Crippen LogP contribution is -2.22. The minimum absolute atomic E-state index is 0.0539. The molecule has 0 heterocycles. The molecule has 0 aliphatic heterocycles. The third-order valence-electron chi connectivity index (χ3n) is 4.35. The molecule has 0 unspecified atom stereocenters. The molecular weight excluding hydrogens is 426 g/mol. The van der Waals surface area contributed by atoms with Crippen molar-refractivity contribution in [1.82, 2.24) is 4.72 Å². The third-order valence-corrected chi connectivity index (χ3v) is 5.84. The van der Waals surface area contributed by atoms with E-state index in [0.717, 1.165) is 21.9 Å². The van der Waals surface area contributed by atoms with Gasteiger partial charge >= 0.3 is 5.97 Å². The summed E-state index contributed by atoms with van der Waals surface area (Å²) in [5.74, 6) is -0.661. The molecule has 0 spiro atoms. The highest BCUT2D eigenvalue weighted by molar-refractivity contribution is 7.89. The van der Waals surface area contributed by atoms with Gasteiger partial charge in [-0.3, -0.25) is 4.72 Å². The Balaban J connectivity index is 1.70. The van der Waals surface area contributed by atoms with E-state index in [9.17, 15) is 13.2 Å². The van der Waals surface area contributed by atoms with Crippen LogP contribution in [0.25, 0.3) is 16.8 Å². The lowest BCUT2D eigenvalue weighted by molar-refractivity contribution is -0.139. The number of halogens is 1. The molecule has 0 amide bonds. The van der Waals surface area contributed by atoms with Gasteiger partial charge in [0.05, 0.1) is 5.75 Å². The van der Waals surface area contributed by atoms with Crippen molar-refractivity contribution in [2.75, 3.05) is 12.4 Å². The second kappa shape index (κ2) is 9.65. The normalized spacial score (nSPS) is 11.6. The summed E-state index contributed by atoms with van der Waals surface area (Å²) in [4.78, 5) is 10.8. The lowest BCUT2D eigenvalue weighted by Gasteiger charge is -2.09. The molecule has 3 aromatic rings. The van der Waals surface area contributed by atoms with E-state index in [0.29, 0.717) is 17.2 Å². The van der Waals surface area contributed by atoms with Gasteiger partial charge in [0.15, 0.2) is 6.61 Å². The maximum absolute atomic E-state index is 12.3. The Morgan fingerprint density at radius 2 is 1.73 bits per heavy atom. The number of carboxylic acids is 1. The van der Waals surface area contributed by atoms with Gasteiger partial charge in [-0.15, -0.1) is 0 Å². The number of fused-ring (bicyclic) bond motifs is 1. The quantitative estimate of drug-likeness (QED) is 0.517. The Morgan fingerprint density at radius 3 is 2.47 bits per heavy atom. The average Bonchev–Trinajstić information content (AvgIpc) is 2.72. The van der Waals surface area contributed by atoms with E-state index in [1.54, 1.807) is 48.5 Å². The van der Waals surface area contributed by atoms with E-state index in [1.807, 2.05) is 18.2 Å². The number of benzene rings is 3. The molecule has 3 aromatic carbocycles. The largest absolute Gasteiger partial charge is 0.481 e. The van der Waals surface area contributed by atoms with Crippen molar-refractivity contribution >= 4 is 44.4 Å². The summed E-state index contributed by atoms with van der Waals surface area (Å²) in [6.45, 7) is -0.438. The average molecular weight is 446 g/mol. The molecule has 0 fully saturated rings. The molecule has 30 heavy (non-hydrogen) atoms. The monoisotopic (exact) mass is 445 g/mol. The van der Waals surface area contributed by atoms with E-state index >= 15 is 0 Å². The van der Waals surface area contributed by atoms with Crippen LogP contribution in [0.1, 0.15) is 11.1 Å². The SMILES string of the molecule is O=C(O)COc1cccc2c(C=CNS(=O)(=O)CCc3ccc(Cl)cc3)cccc12. The number of ether oxygens (including phenoxy) is 1. The van der Waals surface area contributed by atoms with E-state index in [4.69, 9.17) is 21.4 Å². The minimum Gasteiger partial charge on any atom is -0.481 e. The maximum atomic E-state index is 12.3. The molecule has 0 saturated carbocycles. The first-order valence-corrected chi connectivity index (χ1v) is 11.1. The van der Waals surface area contributed by atoms with Crippen molar-refractivity contribution in [2.45, 2.75) is 6.42 Å². The van der Waals surface area contributed by atoms with Crippen LogP contribution >= 0.6 is 11.6 Å². The molecule has 0 radical (unpaired) electrons. The first-order chi connectivity index (χ1) is 14.3. The van der Waals surface area contributed by atoms with Crippen molar-refractivity contribution in [3.63, 3.8) is 0 Å². The molecule has 156 valence electrons. The smallest absolute Gasteiger partial charge is 0.341 e. The van der Waals surface area contributed by atoms with Gasteiger partial charge in [0.25, 0.3) is 0 Å². The zero-order chi connectivity index (χ0) is 21.6. The third kappa shape index (κ3) is 5.98. The highest BCUT2D eigenvalue weighted by Gasteiger charge is 2.09. The van der Waals surface area contributed by atoms with E-state index in [1.165, 1.54) is 6.20 Å². The fourth-order valence-corrected chi connectivity index (χ4v) is 3.93. The van der Waals surface area contributed by atoms with Gasteiger partial charge in [0.1, 0.15) is 5.75 Å². The van der Waals surface area contributed by atoms with Crippen LogP contribution < -0.4 is 9.46 Å². The molecule has 3 rings (SSSR count). The second-order valence-electron chi connectivity index (χ2n) is 6.53. The Kier molecular flexibility index (Phi) is 6.97.